The lowest BCUT2D eigenvalue weighted by Crippen LogP contribution is -2.41. The summed E-state index contributed by atoms with van der Waals surface area (Å²) >= 11 is 5.72. The van der Waals surface area contributed by atoms with Gasteiger partial charge in [0.2, 0.25) is 0 Å². The normalized spacial score (nSPS) is 10.3. The largest absolute Gasteiger partial charge is 0.507 e. The lowest BCUT2D eigenvalue weighted by Gasteiger charge is -2.10. The maximum absolute atomic E-state index is 12.2. The van der Waals surface area contributed by atoms with E-state index >= 15 is 0 Å². The van der Waals surface area contributed by atoms with Crippen molar-refractivity contribution in [2.45, 2.75) is 6.61 Å². The van der Waals surface area contributed by atoms with Crippen molar-refractivity contribution in [1.29, 1.82) is 0 Å². The fraction of sp³-hybridized carbons (Fsp3) is 0.0667. The zero-order chi connectivity index (χ0) is 17.7. The van der Waals surface area contributed by atoms with E-state index in [0.717, 1.165) is 6.07 Å². The summed E-state index contributed by atoms with van der Waals surface area (Å²) < 4.78 is 28.5. The molecule has 2 aromatic rings. The van der Waals surface area contributed by atoms with E-state index in [-0.39, 0.29) is 27.6 Å². The summed E-state index contributed by atoms with van der Waals surface area (Å²) in [6, 6.07) is 8.87. The SMILES string of the molecule is O=C(NNC(=O)c1cc(Cl)ccc1O)c1cccc(OC(F)F)c1. The number of amides is 2. The molecule has 0 aliphatic rings. The van der Waals surface area contributed by atoms with E-state index in [1.807, 2.05) is 0 Å². The third kappa shape index (κ3) is 4.56. The van der Waals surface area contributed by atoms with Gasteiger partial charge in [0.05, 0.1) is 5.56 Å². The van der Waals surface area contributed by atoms with Gasteiger partial charge in [-0.25, -0.2) is 0 Å². The fourth-order valence-corrected chi connectivity index (χ4v) is 1.93. The highest BCUT2D eigenvalue weighted by Gasteiger charge is 2.14. The smallest absolute Gasteiger partial charge is 0.387 e. The molecule has 0 aliphatic carbocycles. The molecule has 24 heavy (non-hydrogen) atoms. The average Bonchev–Trinajstić information content (AvgIpc) is 2.54. The first-order chi connectivity index (χ1) is 11.4. The Morgan fingerprint density at radius 1 is 1.08 bits per heavy atom. The first-order valence-corrected chi connectivity index (χ1v) is 6.88. The van der Waals surface area contributed by atoms with Crippen LogP contribution in [0.3, 0.4) is 0 Å². The minimum atomic E-state index is -3.02. The second-order valence-corrected chi connectivity index (χ2v) is 4.91. The molecule has 9 heteroatoms. The van der Waals surface area contributed by atoms with Gasteiger partial charge < -0.3 is 9.84 Å². The Hall–Kier alpha value is -2.87. The van der Waals surface area contributed by atoms with Gasteiger partial charge >= 0.3 is 6.61 Å². The fourth-order valence-electron chi connectivity index (χ4n) is 1.76. The molecule has 2 amide bonds. The second kappa shape index (κ2) is 7.60. The predicted molar refractivity (Wildman–Crippen MR) is 81.1 cm³/mol. The zero-order valence-electron chi connectivity index (χ0n) is 11.9. The van der Waals surface area contributed by atoms with Crippen LogP contribution in [0.25, 0.3) is 0 Å². The van der Waals surface area contributed by atoms with Crippen molar-refractivity contribution in [2.75, 3.05) is 0 Å². The van der Waals surface area contributed by atoms with Gasteiger partial charge in [0.15, 0.2) is 0 Å². The molecule has 3 N–H and O–H groups in total. The third-order valence-electron chi connectivity index (χ3n) is 2.81. The number of aromatic hydroxyl groups is 1. The van der Waals surface area contributed by atoms with Crippen LogP contribution in [0.15, 0.2) is 42.5 Å². The van der Waals surface area contributed by atoms with Crippen molar-refractivity contribution in [3.8, 4) is 11.5 Å². The first kappa shape index (κ1) is 17.5. The van der Waals surface area contributed by atoms with Crippen LogP contribution in [0, 0.1) is 0 Å². The maximum Gasteiger partial charge on any atom is 0.387 e. The Bertz CT molecular complexity index is 771. The van der Waals surface area contributed by atoms with Crippen LogP contribution in [-0.2, 0) is 0 Å². The summed E-state index contributed by atoms with van der Waals surface area (Å²) in [6.45, 7) is -3.02. The van der Waals surface area contributed by atoms with Crippen molar-refractivity contribution >= 4 is 23.4 Å². The van der Waals surface area contributed by atoms with E-state index in [2.05, 4.69) is 15.6 Å². The molecule has 0 radical (unpaired) electrons. The molecule has 6 nitrogen and oxygen atoms in total. The lowest BCUT2D eigenvalue weighted by atomic mass is 10.2. The minimum absolute atomic E-state index is 0.0104. The van der Waals surface area contributed by atoms with E-state index in [9.17, 15) is 23.5 Å². The summed E-state index contributed by atoms with van der Waals surface area (Å²) in [6.07, 6.45) is 0. The Labute approximate surface area is 140 Å². The molecule has 0 bridgehead atoms. The number of hydrogen-bond donors (Lipinski definition) is 3. The van der Waals surface area contributed by atoms with Crippen molar-refractivity contribution in [1.82, 2.24) is 10.9 Å². The van der Waals surface area contributed by atoms with Crippen LogP contribution in [0.1, 0.15) is 20.7 Å². The molecule has 0 unspecified atom stereocenters. The number of phenols is 1. The van der Waals surface area contributed by atoms with Crippen molar-refractivity contribution in [3.05, 3.63) is 58.6 Å². The van der Waals surface area contributed by atoms with Gasteiger partial charge in [-0.1, -0.05) is 17.7 Å². The number of carbonyl (C=O) groups excluding carboxylic acids is 2. The summed E-state index contributed by atoms with van der Waals surface area (Å²) in [7, 11) is 0. The molecule has 0 heterocycles. The molecule has 0 aliphatic heterocycles. The summed E-state index contributed by atoms with van der Waals surface area (Å²) in [5.74, 6) is -2.08. The summed E-state index contributed by atoms with van der Waals surface area (Å²) in [5.41, 5.74) is 4.02. The number of carbonyl (C=O) groups is 2. The van der Waals surface area contributed by atoms with E-state index in [1.165, 1.54) is 36.4 Å². The molecule has 0 fully saturated rings. The van der Waals surface area contributed by atoms with E-state index in [1.54, 1.807) is 0 Å². The van der Waals surface area contributed by atoms with Gasteiger partial charge in [-0.05, 0) is 36.4 Å². The van der Waals surface area contributed by atoms with Gasteiger partial charge in [-0.3, -0.25) is 20.4 Å². The van der Waals surface area contributed by atoms with Crippen LogP contribution in [0.2, 0.25) is 5.02 Å². The number of alkyl halides is 2. The lowest BCUT2D eigenvalue weighted by molar-refractivity contribution is -0.0498. The van der Waals surface area contributed by atoms with Crippen LogP contribution < -0.4 is 15.6 Å². The number of hydrazine groups is 1. The van der Waals surface area contributed by atoms with Gasteiger partial charge in [-0.15, -0.1) is 0 Å². The molecule has 0 spiro atoms. The number of ether oxygens (including phenoxy) is 1. The molecule has 2 rings (SSSR count). The Balaban J connectivity index is 2.02. The van der Waals surface area contributed by atoms with E-state index < -0.39 is 18.4 Å². The second-order valence-electron chi connectivity index (χ2n) is 4.48. The maximum atomic E-state index is 12.2. The standard InChI is InChI=1S/C15H11ClF2N2O4/c16-9-4-5-12(21)11(7-9)14(23)20-19-13(22)8-2-1-3-10(6-8)24-15(17)18/h1-7,15,21H,(H,19,22)(H,20,23). The van der Waals surface area contributed by atoms with Crippen LogP contribution in [0.5, 0.6) is 11.5 Å². The van der Waals surface area contributed by atoms with Crippen LogP contribution >= 0.6 is 11.6 Å². The number of halogens is 3. The van der Waals surface area contributed by atoms with E-state index in [0.29, 0.717) is 0 Å². The molecule has 2 aromatic carbocycles. The Morgan fingerprint density at radius 3 is 2.50 bits per heavy atom. The van der Waals surface area contributed by atoms with Crippen LogP contribution in [0.4, 0.5) is 8.78 Å². The van der Waals surface area contributed by atoms with Gasteiger partial charge in [0.25, 0.3) is 11.8 Å². The number of rotatable bonds is 4. The number of benzene rings is 2. The minimum Gasteiger partial charge on any atom is -0.507 e. The Kier molecular flexibility index (Phi) is 5.54. The van der Waals surface area contributed by atoms with Gasteiger partial charge in [0.1, 0.15) is 11.5 Å². The molecular weight excluding hydrogens is 346 g/mol. The predicted octanol–water partition coefficient (Wildman–Crippen LogP) is 2.72. The number of phenolic OH excluding ortho intramolecular Hbond substituents is 1. The quantitative estimate of drug-likeness (QED) is 0.735. The van der Waals surface area contributed by atoms with Crippen molar-refractivity contribution in [3.63, 3.8) is 0 Å². The molecule has 126 valence electrons. The highest BCUT2D eigenvalue weighted by Crippen LogP contribution is 2.21. The molecule has 0 atom stereocenters. The van der Waals surface area contributed by atoms with Gasteiger partial charge in [0, 0.05) is 10.6 Å². The molecule has 0 saturated carbocycles. The topological polar surface area (TPSA) is 87.7 Å². The van der Waals surface area contributed by atoms with Gasteiger partial charge in [-0.2, -0.15) is 8.78 Å². The van der Waals surface area contributed by atoms with Crippen LogP contribution in [-0.4, -0.2) is 23.5 Å². The summed E-state index contributed by atoms with van der Waals surface area (Å²) in [4.78, 5) is 23.8. The first-order valence-electron chi connectivity index (χ1n) is 6.51. The highest BCUT2D eigenvalue weighted by atomic mass is 35.5. The van der Waals surface area contributed by atoms with Crippen molar-refractivity contribution < 1.29 is 28.2 Å². The third-order valence-corrected chi connectivity index (χ3v) is 3.05. The number of hydrogen-bond acceptors (Lipinski definition) is 4. The summed E-state index contributed by atoms with van der Waals surface area (Å²) in [5, 5.41) is 9.81. The highest BCUT2D eigenvalue weighted by molar-refractivity contribution is 6.31. The van der Waals surface area contributed by atoms with Crippen molar-refractivity contribution in [2.24, 2.45) is 0 Å². The molecular formula is C15H11ClF2N2O4. The number of nitrogens with one attached hydrogen (secondary N) is 2. The zero-order valence-corrected chi connectivity index (χ0v) is 12.7. The Morgan fingerprint density at radius 2 is 1.79 bits per heavy atom. The molecule has 0 saturated heterocycles. The molecule has 0 aromatic heterocycles. The average molecular weight is 357 g/mol. The van der Waals surface area contributed by atoms with E-state index in [4.69, 9.17) is 11.6 Å². The monoisotopic (exact) mass is 356 g/mol.